The molecule has 0 spiro atoms. The molecule has 0 aliphatic rings. The van der Waals surface area contributed by atoms with E-state index in [-0.39, 0.29) is 90.6 Å². The maximum atomic E-state index is 0. The minimum atomic E-state index is 0. The Hall–Kier alpha value is 2.38. The second-order valence-electron chi connectivity index (χ2n) is 0. The van der Waals surface area contributed by atoms with Crippen molar-refractivity contribution < 1.29 is 15.1 Å². The molecule has 0 fully saturated rings. The minimum Gasteiger partial charge on any atom is -1.00 e. The normalized spacial score (nSPS) is 0. The van der Waals surface area contributed by atoms with Crippen LogP contribution in [-0.2, 0) is 0 Å². The molecular weight excluding hydrogens is 118 g/mol. The Morgan fingerprint density at radius 2 is 0.750 bits per heavy atom. The zero-order chi connectivity index (χ0) is 0. The third kappa shape index (κ3) is 8.83. The molecule has 4 heteroatoms. The van der Waals surface area contributed by atoms with Crippen LogP contribution in [0, 0.1) is 0 Å². The Morgan fingerprint density at radius 1 is 0.750 bits per heavy atom. The van der Waals surface area contributed by atoms with Gasteiger partial charge in [0.2, 0.25) is 0 Å². The Balaban J connectivity index is 0. The van der Waals surface area contributed by atoms with Crippen LogP contribution in [0.3, 0.4) is 0 Å². The molecule has 0 aromatic rings. The Kier molecular flexibility index (Phi) is 149. The van der Waals surface area contributed by atoms with Crippen molar-refractivity contribution in [3.8, 4) is 0 Å². The molecule has 0 unspecified atom stereocenters. The van der Waals surface area contributed by atoms with Gasteiger partial charge in [0, 0.05) is 0 Å². The molecule has 0 radical (unpaired) electrons. The second-order valence-corrected chi connectivity index (χ2v) is 0. The SMILES string of the molecule is F.F.[Ca+2].[Ca+2].[H-].[H-].[H-].[H-]. The molecule has 4 heavy (non-hydrogen) atoms. The van der Waals surface area contributed by atoms with Crippen LogP contribution in [0.4, 0.5) is 9.41 Å². The van der Waals surface area contributed by atoms with Crippen LogP contribution in [0.2, 0.25) is 0 Å². The standard InChI is InChI=1S/2Ca.2FH.4H/h;;2*1H;;;;/q2*+2;;;4*-1. The van der Waals surface area contributed by atoms with E-state index in [2.05, 4.69) is 0 Å². The van der Waals surface area contributed by atoms with E-state index in [9.17, 15) is 0 Å². The second kappa shape index (κ2) is 18.2. The van der Waals surface area contributed by atoms with E-state index in [4.69, 9.17) is 0 Å². The molecule has 0 saturated heterocycles. The number of rotatable bonds is 0. The molecule has 0 heterocycles. The van der Waals surface area contributed by atoms with Crippen LogP contribution < -0.4 is 0 Å². The van der Waals surface area contributed by atoms with E-state index in [0.717, 1.165) is 0 Å². The molecule has 0 aromatic carbocycles. The molecule has 0 aliphatic heterocycles. The minimum absolute atomic E-state index is 0. The molecule has 0 amide bonds. The van der Waals surface area contributed by atoms with Gasteiger partial charge in [-0.25, -0.2) is 0 Å². The predicted molar refractivity (Wildman–Crippen MR) is 21.0 cm³/mol. The van der Waals surface area contributed by atoms with Gasteiger partial charge in [-0.15, -0.1) is 0 Å². The van der Waals surface area contributed by atoms with Crippen LogP contribution in [0.25, 0.3) is 0 Å². The van der Waals surface area contributed by atoms with Gasteiger partial charge in [0.25, 0.3) is 0 Å². The zero-order valence-electron chi connectivity index (χ0n) is 6.23. The van der Waals surface area contributed by atoms with E-state index < -0.39 is 0 Å². The van der Waals surface area contributed by atoms with Crippen molar-refractivity contribution in [2.24, 2.45) is 0 Å². The fourth-order valence-corrected chi connectivity index (χ4v) is 0. The summed E-state index contributed by atoms with van der Waals surface area (Å²) in [6.45, 7) is 0. The maximum absolute atomic E-state index is 0. The van der Waals surface area contributed by atoms with Crippen LogP contribution in [0.15, 0.2) is 0 Å². The van der Waals surface area contributed by atoms with Gasteiger partial charge in [0.1, 0.15) is 0 Å². The summed E-state index contributed by atoms with van der Waals surface area (Å²) < 4.78 is 0. The average molecular weight is 124 g/mol. The Bertz CT molecular complexity index is 12.0. The molecule has 0 N–H and O–H groups in total. The van der Waals surface area contributed by atoms with E-state index >= 15 is 0 Å². The molecule has 0 saturated carbocycles. The number of hydrogen-bond acceptors (Lipinski definition) is 0. The molecule has 0 nitrogen and oxygen atoms in total. The van der Waals surface area contributed by atoms with Crippen LogP contribution in [-0.4, -0.2) is 75.5 Å². The van der Waals surface area contributed by atoms with E-state index in [0.29, 0.717) is 0 Å². The monoisotopic (exact) mass is 124 g/mol. The van der Waals surface area contributed by atoms with Crippen molar-refractivity contribution in [1.29, 1.82) is 0 Å². The molecule has 0 aliphatic carbocycles. The van der Waals surface area contributed by atoms with Gasteiger partial charge >= 0.3 is 75.5 Å². The smallest absolute Gasteiger partial charge is 1.00 e. The number of halogens is 2. The fourth-order valence-electron chi connectivity index (χ4n) is 0. The van der Waals surface area contributed by atoms with Crippen LogP contribution in [0.5, 0.6) is 0 Å². The van der Waals surface area contributed by atoms with Crippen molar-refractivity contribution in [3.63, 3.8) is 0 Å². The summed E-state index contributed by atoms with van der Waals surface area (Å²) in [5.41, 5.74) is 0. The summed E-state index contributed by atoms with van der Waals surface area (Å²) in [4.78, 5) is 0. The summed E-state index contributed by atoms with van der Waals surface area (Å²) in [6.07, 6.45) is 0. The first kappa shape index (κ1) is 32.6. The van der Waals surface area contributed by atoms with Gasteiger partial charge in [0.15, 0.2) is 0 Å². The largest absolute Gasteiger partial charge is 2.00 e. The first-order valence-electron chi connectivity index (χ1n) is 0. The van der Waals surface area contributed by atoms with Gasteiger partial charge in [-0.3, -0.25) is 9.41 Å². The van der Waals surface area contributed by atoms with E-state index in [1.807, 2.05) is 0 Å². The molecule has 0 rings (SSSR count). The van der Waals surface area contributed by atoms with E-state index in [1.165, 1.54) is 0 Å². The van der Waals surface area contributed by atoms with Gasteiger partial charge in [0.05, 0.1) is 0 Å². The summed E-state index contributed by atoms with van der Waals surface area (Å²) in [6, 6.07) is 0. The van der Waals surface area contributed by atoms with E-state index in [1.54, 1.807) is 0 Å². The van der Waals surface area contributed by atoms with Crippen molar-refractivity contribution in [3.05, 3.63) is 0 Å². The number of hydrogen-bond donors (Lipinski definition) is 0. The first-order valence-corrected chi connectivity index (χ1v) is 0. The summed E-state index contributed by atoms with van der Waals surface area (Å²) >= 11 is 0. The average Bonchev–Trinajstić information content (AvgIpc) is 0. The first-order chi connectivity index (χ1) is 0. The molecule has 0 aromatic heterocycles. The van der Waals surface area contributed by atoms with Crippen molar-refractivity contribution in [2.45, 2.75) is 0 Å². The van der Waals surface area contributed by atoms with Crippen LogP contribution >= 0.6 is 0 Å². The third-order valence-corrected chi connectivity index (χ3v) is 0. The quantitative estimate of drug-likeness (QED) is 0.399. The molecular formula is H6Ca2F2. The summed E-state index contributed by atoms with van der Waals surface area (Å²) in [7, 11) is 0. The van der Waals surface area contributed by atoms with Crippen molar-refractivity contribution in [1.82, 2.24) is 0 Å². The Labute approximate surface area is 89.0 Å². The van der Waals surface area contributed by atoms with Crippen LogP contribution in [0.1, 0.15) is 5.71 Å². The fraction of sp³-hybridized carbons (Fsp3) is 0. The predicted octanol–water partition coefficient (Wildman–Crippen LogP) is -0.00660. The van der Waals surface area contributed by atoms with Gasteiger partial charge in [-0.05, 0) is 0 Å². The van der Waals surface area contributed by atoms with Crippen molar-refractivity contribution in [2.75, 3.05) is 0 Å². The Morgan fingerprint density at radius 3 is 0.750 bits per heavy atom. The van der Waals surface area contributed by atoms with Gasteiger partial charge < -0.3 is 5.71 Å². The third-order valence-electron chi connectivity index (χ3n) is 0. The maximum Gasteiger partial charge on any atom is 2.00 e. The van der Waals surface area contributed by atoms with Gasteiger partial charge in [-0.2, -0.15) is 0 Å². The zero-order valence-corrected chi connectivity index (χ0v) is 6.65. The molecule has 24 valence electrons. The van der Waals surface area contributed by atoms with Gasteiger partial charge in [-0.1, -0.05) is 0 Å². The van der Waals surface area contributed by atoms with Crippen molar-refractivity contribution >= 4 is 75.5 Å². The molecule has 0 atom stereocenters. The molecule has 0 bridgehead atoms. The summed E-state index contributed by atoms with van der Waals surface area (Å²) in [5.74, 6) is 0. The summed E-state index contributed by atoms with van der Waals surface area (Å²) in [5, 5.41) is 0. The topological polar surface area (TPSA) is 0 Å².